The Labute approximate surface area is 172 Å². The summed E-state index contributed by atoms with van der Waals surface area (Å²) in [5.74, 6) is 0.0461. The van der Waals surface area contributed by atoms with Crippen molar-refractivity contribution in [2.75, 3.05) is 18.4 Å². The minimum atomic E-state index is -3.64. The van der Waals surface area contributed by atoms with Crippen molar-refractivity contribution in [3.8, 4) is 11.8 Å². The molecule has 2 aromatic carbocycles. The summed E-state index contributed by atoms with van der Waals surface area (Å²) in [6, 6.07) is 13.2. The molecular formula is C21H25N3O4S. The Bertz CT molecular complexity index is 1010. The predicted molar refractivity (Wildman–Crippen MR) is 111 cm³/mol. The number of hydrogen-bond acceptors (Lipinski definition) is 5. The van der Waals surface area contributed by atoms with E-state index < -0.39 is 22.0 Å². The van der Waals surface area contributed by atoms with Gasteiger partial charge < -0.3 is 10.1 Å². The molecule has 0 radical (unpaired) electrons. The third-order valence-electron chi connectivity index (χ3n) is 4.44. The second-order valence-electron chi connectivity index (χ2n) is 6.46. The molecule has 0 spiro atoms. The Morgan fingerprint density at radius 3 is 2.34 bits per heavy atom. The Morgan fingerprint density at radius 2 is 1.79 bits per heavy atom. The third-order valence-corrected chi connectivity index (χ3v) is 6.64. The molecule has 2 aromatic rings. The molecule has 0 saturated carbocycles. The van der Waals surface area contributed by atoms with Crippen LogP contribution in [0.5, 0.6) is 5.75 Å². The molecule has 0 aliphatic carbocycles. The lowest BCUT2D eigenvalue weighted by molar-refractivity contribution is -0.122. The van der Waals surface area contributed by atoms with Crippen molar-refractivity contribution in [2.24, 2.45) is 0 Å². The number of nitrogens with one attached hydrogen (secondary N) is 1. The van der Waals surface area contributed by atoms with Gasteiger partial charge >= 0.3 is 0 Å². The van der Waals surface area contributed by atoms with Crippen LogP contribution in [-0.2, 0) is 14.8 Å². The minimum absolute atomic E-state index is 0.166. The van der Waals surface area contributed by atoms with Gasteiger partial charge in [0.15, 0.2) is 6.10 Å². The summed E-state index contributed by atoms with van der Waals surface area (Å²) in [5, 5.41) is 11.5. The van der Waals surface area contributed by atoms with E-state index in [1.54, 1.807) is 64.1 Å². The van der Waals surface area contributed by atoms with Crippen LogP contribution >= 0.6 is 0 Å². The molecule has 0 fully saturated rings. The van der Waals surface area contributed by atoms with E-state index in [0.717, 1.165) is 0 Å². The first-order chi connectivity index (χ1) is 13.7. The monoisotopic (exact) mass is 415 g/mol. The molecule has 0 heterocycles. The zero-order valence-corrected chi connectivity index (χ0v) is 17.8. The topological polar surface area (TPSA) is 99.5 Å². The molecule has 8 heteroatoms. The van der Waals surface area contributed by atoms with E-state index >= 15 is 0 Å². The number of benzene rings is 2. The third kappa shape index (κ3) is 5.34. The number of ether oxygens (including phenoxy) is 1. The lowest BCUT2D eigenvalue weighted by Crippen LogP contribution is -2.32. The largest absolute Gasteiger partial charge is 0.481 e. The lowest BCUT2D eigenvalue weighted by atomic mass is 10.2. The van der Waals surface area contributed by atoms with Crippen LogP contribution < -0.4 is 10.1 Å². The lowest BCUT2D eigenvalue weighted by Gasteiger charge is -2.20. The van der Waals surface area contributed by atoms with E-state index in [2.05, 4.69) is 5.32 Å². The molecule has 1 N–H and O–H groups in total. The molecule has 0 unspecified atom stereocenters. The second-order valence-corrected chi connectivity index (χ2v) is 8.36. The maximum atomic E-state index is 12.8. The summed E-state index contributed by atoms with van der Waals surface area (Å²) in [6.45, 7) is 7.61. The summed E-state index contributed by atoms with van der Waals surface area (Å²) < 4.78 is 32.7. The predicted octanol–water partition coefficient (Wildman–Crippen LogP) is 3.30. The molecule has 1 amide bonds. The fourth-order valence-corrected chi connectivity index (χ4v) is 4.48. The molecule has 0 saturated heterocycles. The first-order valence-electron chi connectivity index (χ1n) is 9.31. The van der Waals surface area contributed by atoms with Crippen molar-refractivity contribution < 1.29 is 17.9 Å². The smallest absolute Gasteiger partial charge is 0.265 e. The zero-order chi connectivity index (χ0) is 21.6. The zero-order valence-electron chi connectivity index (χ0n) is 17.0. The highest BCUT2D eigenvalue weighted by molar-refractivity contribution is 7.89. The average Bonchev–Trinajstić information content (AvgIpc) is 2.70. The van der Waals surface area contributed by atoms with Gasteiger partial charge in [-0.2, -0.15) is 9.57 Å². The van der Waals surface area contributed by atoms with Crippen molar-refractivity contribution in [3.05, 3.63) is 53.6 Å². The number of carbonyl (C=O) groups excluding carboxylic acids is 1. The van der Waals surface area contributed by atoms with Gasteiger partial charge in [0.05, 0.1) is 16.5 Å². The summed E-state index contributed by atoms with van der Waals surface area (Å²) in [6.07, 6.45) is -0.813. The first-order valence-corrected chi connectivity index (χ1v) is 10.7. The fourth-order valence-electron chi connectivity index (χ4n) is 2.77. The Balaban J connectivity index is 2.17. The van der Waals surface area contributed by atoms with E-state index in [1.165, 1.54) is 10.4 Å². The van der Waals surface area contributed by atoms with Gasteiger partial charge in [0.2, 0.25) is 10.0 Å². The summed E-state index contributed by atoms with van der Waals surface area (Å²) >= 11 is 0. The molecule has 0 aliphatic rings. The number of hydrogen-bond donors (Lipinski definition) is 1. The quantitative estimate of drug-likeness (QED) is 0.713. The highest BCUT2D eigenvalue weighted by Crippen LogP contribution is 2.24. The number of rotatable bonds is 8. The van der Waals surface area contributed by atoms with E-state index in [9.17, 15) is 13.2 Å². The van der Waals surface area contributed by atoms with Gasteiger partial charge in [-0.25, -0.2) is 8.42 Å². The van der Waals surface area contributed by atoms with Crippen molar-refractivity contribution in [1.82, 2.24) is 4.31 Å². The number of nitriles is 1. The maximum absolute atomic E-state index is 12.8. The molecule has 29 heavy (non-hydrogen) atoms. The van der Waals surface area contributed by atoms with Crippen LogP contribution in [0.25, 0.3) is 0 Å². The van der Waals surface area contributed by atoms with Gasteiger partial charge in [-0.3, -0.25) is 4.79 Å². The molecule has 0 bridgehead atoms. The average molecular weight is 416 g/mol. The molecule has 0 aromatic heterocycles. The van der Waals surface area contributed by atoms with Gasteiger partial charge in [-0.05, 0) is 55.8 Å². The highest BCUT2D eigenvalue weighted by atomic mass is 32.2. The van der Waals surface area contributed by atoms with Crippen molar-refractivity contribution in [3.63, 3.8) is 0 Å². The number of nitrogens with zero attached hydrogens (tertiary/aromatic N) is 2. The van der Waals surface area contributed by atoms with Crippen molar-refractivity contribution >= 4 is 21.6 Å². The van der Waals surface area contributed by atoms with Crippen LogP contribution in [0, 0.1) is 18.3 Å². The van der Waals surface area contributed by atoms with Crippen LogP contribution in [0.4, 0.5) is 5.69 Å². The number of carbonyl (C=O) groups is 1. The van der Waals surface area contributed by atoms with E-state index in [1.807, 2.05) is 6.07 Å². The number of aryl methyl sites for hydroxylation is 1. The molecule has 7 nitrogen and oxygen atoms in total. The SMILES string of the molecule is CCN(CC)S(=O)(=O)c1cc(NC(=O)[C@H](C)Oc2ccc(C#N)cc2)ccc1C. The van der Waals surface area contributed by atoms with Gasteiger partial charge in [0.25, 0.3) is 5.91 Å². The Morgan fingerprint density at radius 1 is 1.17 bits per heavy atom. The first kappa shape index (κ1) is 22.4. The van der Waals surface area contributed by atoms with Crippen LogP contribution in [0.2, 0.25) is 0 Å². The fraction of sp³-hybridized carbons (Fsp3) is 0.333. The van der Waals surface area contributed by atoms with Gasteiger partial charge in [-0.1, -0.05) is 19.9 Å². The second kappa shape index (κ2) is 9.54. The van der Waals surface area contributed by atoms with Crippen LogP contribution in [-0.4, -0.2) is 37.8 Å². The van der Waals surface area contributed by atoms with Gasteiger partial charge in [0.1, 0.15) is 5.75 Å². The number of amides is 1. The number of sulfonamides is 1. The summed E-state index contributed by atoms with van der Waals surface area (Å²) in [7, 11) is -3.64. The Hall–Kier alpha value is -2.89. The van der Waals surface area contributed by atoms with E-state index in [0.29, 0.717) is 35.7 Å². The standard InChI is InChI=1S/C21H25N3O4S/c1-5-24(6-2)29(26,27)20-13-18(10-7-15(20)3)23-21(25)16(4)28-19-11-8-17(14-22)9-12-19/h7-13,16H,5-6H2,1-4H3,(H,23,25)/t16-/m0/s1. The molecule has 0 aliphatic heterocycles. The maximum Gasteiger partial charge on any atom is 0.265 e. The van der Waals surface area contributed by atoms with Crippen molar-refractivity contribution in [2.45, 2.75) is 38.7 Å². The summed E-state index contributed by atoms with van der Waals surface area (Å²) in [4.78, 5) is 12.7. The Kier molecular flexibility index (Phi) is 7.37. The van der Waals surface area contributed by atoms with E-state index in [-0.39, 0.29) is 4.90 Å². The molecule has 1 atom stereocenters. The van der Waals surface area contributed by atoms with Crippen molar-refractivity contribution in [1.29, 1.82) is 5.26 Å². The van der Waals surface area contributed by atoms with E-state index in [4.69, 9.17) is 10.00 Å². The normalized spacial score (nSPS) is 12.3. The van der Waals surface area contributed by atoms with Crippen LogP contribution in [0.1, 0.15) is 31.9 Å². The van der Waals surface area contributed by atoms with Gasteiger partial charge in [0, 0.05) is 18.8 Å². The molecular weight excluding hydrogens is 390 g/mol. The summed E-state index contributed by atoms with van der Waals surface area (Å²) in [5.41, 5.74) is 1.48. The van der Waals surface area contributed by atoms with Crippen LogP contribution in [0.3, 0.4) is 0 Å². The number of anilines is 1. The molecule has 154 valence electrons. The van der Waals surface area contributed by atoms with Crippen LogP contribution in [0.15, 0.2) is 47.4 Å². The highest BCUT2D eigenvalue weighted by Gasteiger charge is 2.24. The molecule has 2 rings (SSSR count). The van der Waals surface area contributed by atoms with Gasteiger partial charge in [-0.15, -0.1) is 0 Å². The minimum Gasteiger partial charge on any atom is -0.481 e.